The second kappa shape index (κ2) is 2.96. The Hall–Kier alpha value is -1.38. The molecular weight excluding hydrogens is 130 g/mol. The molecule has 0 unspecified atom stereocenters. The Kier molecular flexibility index (Phi) is 1.99. The van der Waals surface area contributed by atoms with Gasteiger partial charge in [0.25, 0.3) is 0 Å². The van der Waals surface area contributed by atoms with E-state index in [1.165, 1.54) is 6.08 Å². The van der Waals surface area contributed by atoms with E-state index in [0.717, 1.165) is 18.2 Å². The zero-order chi connectivity index (χ0) is 7.40. The van der Waals surface area contributed by atoms with Gasteiger partial charge in [0, 0.05) is 18.7 Å². The van der Waals surface area contributed by atoms with Crippen LogP contribution in [-0.2, 0) is 4.79 Å². The summed E-state index contributed by atoms with van der Waals surface area (Å²) in [6.45, 7) is 0. The number of carboxylic acid groups (broad SMARTS) is 1. The number of rotatable bonds is 2. The second-order valence-corrected chi connectivity index (χ2v) is 1.85. The first-order valence-corrected chi connectivity index (χ1v) is 2.93. The number of nitrogens with zero attached hydrogens (tertiary/aromatic N) is 1. The maximum absolute atomic E-state index is 9.99. The molecule has 0 aliphatic carbocycles. The standard InChI is InChI=1S/C7H7NO2/c9-7(10)4-3-6-2-1-5-8-6/h2-5H,1H2,(H,9,10). The van der Waals surface area contributed by atoms with Crippen molar-refractivity contribution in [3.63, 3.8) is 0 Å². The molecule has 0 aromatic rings. The fourth-order valence-corrected chi connectivity index (χ4v) is 0.652. The third-order valence-electron chi connectivity index (χ3n) is 1.07. The van der Waals surface area contributed by atoms with E-state index in [1.807, 2.05) is 6.08 Å². The summed E-state index contributed by atoms with van der Waals surface area (Å²) in [6, 6.07) is 0. The van der Waals surface area contributed by atoms with Crippen LogP contribution in [0.25, 0.3) is 0 Å². The number of carbonyl (C=O) groups is 1. The predicted molar refractivity (Wildman–Crippen MR) is 38.0 cm³/mol. The summed E-state index contributed by atoms with van der Waals surface area (Å²) >= 11 is 0. The molecule has 3 nitrogen and oxygen atoms in total. The highest BCUT2D eigenvalue weighted by atomic mass is 16.4. The van der Waals surface area contributed by atoms with Gasteiger partial charge in [0.05, 0.1) is 5.70 Å². The van der Waals surface area contributed by atoms with Crippen LogP contribution in [0.3, 0.4) is 0 Å². The molecule has 0 aromatic carbocycles. The molecule has 0 bridgehead atoms. The smallest absolute Gasteiger partial charge is 0.328 e. The van der Waals surface area contributed by atoms with Gasteiger partial charge in [0.1, 0.15) is 0 Å². The quantitative estimate of drug-likeness (QED) is 0.577. The van der Waals surface area contributed by atoms with Crippen molar-refractivity contribution in [1.29, 1.82) is 0 Å². The maximum atomic E-state index is 9.99. The van der Waals surface area contributed by atoms with Crippen LogP contribution in [-0.4, -0.2) is 17.3 Å². The molecule has 0 amide bonds. The van der Waals surface area contributed by atoms with Crippen LogP contribution >= 0.6 is 0 Å². The molecule has 1 rings (SSSR count). The first-order valence-electron chi connectivity index (χ1n) is 2.93. The van der Waals surface area contributed by atoms with Gasteiger partial charge in [-0.15, -0.1) is 0 Å². The number of allylic oxidation sites excluding steroid dienone is 2. The monoisotopic (exact) mass is 137 g/mol. The van der Waals surface area contributed by atoms with Gasteiger partial charge in [0.15, 0.2) is 0 Å². The third-order valence-corrected chi connectivity index (χ3v) is 1.07. The molecule has 52 valence electrons. The SMILES string of the molecule is O=C(O)C=CC1=CCC=N1. The van der Waals surface area contributed by atoms with Gasteiger partial charge in [-0.2, -0.15) is 0 Å². The number of hydrogen-bond donors (Lipinski definition) is 1. The molecule has 0 saturated heterocycles. The predicted octanol–water partition coefficient (Wildman–Crippen LogP) is 0.986. The van der Waals surface area contributed by atoms with E-state index in [0.29, 0.717) is 0 Å². The lowest BCUT2D eigenvalue weighted by Crippen LogP contribution is -1.85. The van der Waals surface area contributed by atoms with E-state index < -0.39 is 5.97 Å². The molecule has 0 radical (unpaired) electrons. The van der Waals surface area contributed by atoms with E-state index >= 15 is 0 Å². The summed E-state index contributed by atoms with van der Waals surface area (Å²) in [5.74, 6) is -0.942. The van der Waals surface area contributed by atoms with Crippen molar-refractivity contribution in [1.82, 2.24) is 0 Å². The minimum absolute atomic E-state index is 0.724. The molecule has 3 heteroatoms. The summed E-state index contributed by atoms with van der Waals surface area (Å²) in [4.78, 5) is 13.9. The molecular formula is C7H7NO2. The molecule has 1 N–H and O–H groups in total. The van der Waals surface area contributed by atoms with E-state index in [-0.39, 0.29) is 0 Å². The van der Waals surface area contributed by atoms with Crippen molar-refractivity contribution in [2.45, 2.75) is 6.42 Å². The first kappa shape index (κ1) is 6.74. The van der Waals surface area contributed by atoms with Crippen molar-refractivity contribution in [2.75, 3.05) is 0 Å². The van der Waals surface area contributed by atoms with Gasteiger partial charge in [0.2, 0.25) is 0 Å². The van der Waals surface area contributed by atoms with Crippen molar-refractivity contribution in [2.24, 2.45) is 4.99 Å². The number of aliphatic carboxylic acids is 1. The lowest BCUT2D eigenvalue weighted by molar-refractivity contribution is -0.131. The van der Waals surface area contributed by atoms with Crippen LogP contribution in [0, 0.1) is 0 Å². The molecule has 10 heavy (non-hydrogen) atoms. The summed E-state index contributed by atoms with van der Waals surface area (Å²) in [5, 5.41) is 8.21. The molecule has 0 aromatic heterocycles. The summed E-state index contributed by atoms with van der Waals surface area (Å²) in [6.07, 6.45) is 6.96. The third kappa shape index (κ3) is 1.85. The molecule has 0 saturated carbocycles. The van der Waals surface area contributed by atoms with Crippen molar-refractivity contribution < 1.29 is 9.90 Å². The first-order chi connectivity index (χ1) is 4.79. The van der Waals surface area contributed by atoms with Gasteiger partial charge < -0.3 is 5.11 Å². The van der Waals surface area contributed by atoms with Crippen LogP contribution in [0.15, 0.2) is 28.9 Å². The maximum Gasteiger partial charge on any atom is 0.328 e. The Bertz CT molecular complexity index is 226. The highest BCUT2D eigenvalue weighted by Crippen LogP contribution is 2.05. The second-order valence-electron chi connectivity index (χ2n) is 1.85. The van der Waals surface area contributed by atoms with E-state index in [9.17, 15) is 4.79 Å². The van der Waals surface area contributed by atoms with E-state index in [2.05, 4.69) is 4.99 Å². The van der Waals surface area contributed by atoms with Gasteiger partial charge in [-0.1, -0.05) is 6.08 Å². The minimum Gasteiger partial charge on any atom is -0.478 e. The van der Waals surface area contributed by atoms with Crippen LogP contribution in [0.1, 0.15) is 6.42 Å². The Balaban J connectivity index is 2.53. The van der Waals surface area contributed by atoms with E-state index in [1.54, 1.807) is 6.21 Å². The Morgan fingerprint density at radius 3 is 3.10 bits per heavy atom. The summed E-state index contributed by atoms with van der Waals surface area (Å²) in [7, 11) is 0. The normalized spacial score (nSPS) is 16.2. The average Bonchev–Trinajstić information content (AvgIpc) is 2.34. The van der Waals surface area contributed by atoms with Crippen LogP contribution in [0.4, 0.5) is 0 Å². The molecule has 1 aliphatic rings. The minimum atomic E-state index is -0.942. The van der Waals surface area contributed by atoms with Crippen molar-refractivity contribution in [3.05, 3.63) is 23.9 Å². The summed E-state index contributed by atoms with van der Waals surface area (Å²) in [5.41, 5.74) is 0.724. The highest BCUT2D eigenvalue weighted by molar-refractivity contribution is 5.80. The fourth-order valence-electron chi connectivity index (χ4n) is 0.652. The Morgan fingerprint density at radius 2 is 2.60 bits per heavy atom. The molecule has 1 heterocycles. The highest BCUT2D eigenvalue weighted by Gasteiger charge is 1.93. The molecule has 0 atom stereocenters. The van der Waals surface area contributed by atoms with Crippen LogP contribution in [0.5, 0.6) is 0 Å². The van der Waals surface area contributed by atoms with Gasteiger partial charge >= 0.3 is 5.97 Å². The average molecular weight is 137 g/mol. The lowest BCUT2D eigenvalue weighted by atomic mass is 10.3. The number of aliphatic imine (C=N–C) groups is 1. The number of carboxylic acids is 1. The Morgan fingerprint density at radius 1 is 1.80 bits per heavy atom. The fraction of sp³-hybridized carbons (Fsp3) is 0.143. The van der Waals surface area contributed by atoms with Crippen molar-refractivity contribution >= 4 is 12.2 Å². The van der Waals surface area contributed by atoms with Gasteiger partial charge in [-0.25, -0.2) is 4.79 Å². The topological polar surface area (TPSA) is 49.7 Å². The number of hydrogen-bond acceptors (Lipinski definition) is 2. The molecule has 0 spiro atoms. The van der Waals surface area contributed by atoms with Crippen LogP contribution in [0.2, 0.25) is 0 Å². The molecule has 1 aliphatic heterocycles. The van der Waals surface area contributed by atoms with E-state index in [4.69, 9.17) is 5.11 Å². The zero-order valence-corrected chi connectivity index (χ0v) is 5.32. The van der Waals surface area contributed by atoms with Gasteiger partial charge in [-0.05, 0) is 6.08 Å². The van der Waals surface area contributed by atoms with Crippen molar-refractivity contribution in [3.8, 4) is 0 Å². The summed E-state index contributed by atoms with van der Waals surface area (Å²) < 4.78 is 0. The van der Waals surface area contributed by atoms with Gasteiger partial charge in [-0.3, -0.25) is 4.99 Å². The van der Waals surface area contributed by atoms with Crippen LogP contribution < -0.4 is 0 Å². The zero-order valence-electron chi connectivity index (χ0n) is 5.32. The Labute approximate surface area is 58.4 Å². The lowest BCUT2D eigenvalue weighted by Gasteiger charge is -1.82. The molecule has 0 fully saturated rings. The largest absolute Gasteiger partial charge is 0.478 e.